The number of carbonyl (C=O) groups excluding carboxylic acids is 2. The van der Waals surface area contributed by atoms with Gasteiger partial charge in [-0.2, -0.15) is 0 Å². The quantitative estimate of drug-likeness (QED) is 0.914. The van der Waals surface area contributed by atoms with Gasteiger partial charge in [-0.05, 0) is 62.3 Å². The molecule has 0 aliphatic carbocycles. The highest BCUT2D eigenvalue weighted by Gasteiger charge is 2.20. The Kier molecular flexibility index (Phi) is 5.95. The van der Waals surface area contributed by atoms with Crippen LogP contribution in [0.2, 0.25) is 0 Å². The lowest BCUT2D eigenvalue weighted by atomic mass is 9.99. The maximum Gasteiger partial charge on any atom is 0.253 e. The van der Waals surface area contributed by atoms with Gasteiger partial charge in [0.15, 0.2) is 0 Å². The van der Waals surface area contributed by atoms with Crippen LogP contribution in [0.5, 0.6) is 0 Å². The van der Waals surface area contributed by atoms with Gasteiger partial charge in [-0.3, -0.25) is 9.59 Å². The molecule has 2 amide bonds. The molecule has 2 fully saturated rings. The molecule has 1 aromatic carbocycles. The Morgan fingerprint density at radius 2 is 1.60 bits per heavy atom. The molecular weight excluding hydrogens is 314 g/mol. The molecule has 0 saturated carbocycles. The number of hydrogen-bond acceptors (Lipinski definition) is 3. The topological polar surface area (TPSA) is 52.7 Å². The summed E-state index contributed by atoms with van der Waals surface area (Å²) in [6.45, 7) is 6.01. The minimum atomic E-state index is 0.116. The number of nitrogens with one attached hydrogen (secondary N) is 1. The summed E-state index contributed by atoms with van der Waals surface area (Å²) in [5, 5.41) is 3.18. The molecule has 0 aromatic heterocycles. The number of rotatable bonds is 4. The van der Waals surface area contributed by atoms with E-state index in [0.717, 1.165) is 69.0 Å². The molecule has 0 unspecified atom stereocenters. The van der Waals surface area contributed by atoms with Crippen molar-refractivity contribution in [1.29, 1.82) is 0 Å². The van der Waals surface area contributed by atoms with Gasteiger partial charge in [-0.25, -0.2) is 0 Å². The molecule has 25 heavy (non-hydrogen) atoms. The second-order valence-corrected chi connectivity index (χ2v) is 7.35. The van der Waals surface area contributed by atoms with Gasteiger partial charge in [0.25, 0.3) is 5.91 Å². The maximum atomic E-state index is 12.5. The summed E-state index contributed by atoms with van der Waals surface area (Å²) in [6, 6.07) is 7.49. The minimum absolute atomic E-state index is 0.116. The van der Waals surface area contributed by atoms with E-state index in [1.165, 1.54) is 6.42 Å². The Balaban J connectivity index is 1.49. The highest BCUT2D eigenvalue weighted by Crippen LogP contribution is 2.17. The van der Waals surface area contributed by atoms with Gasteiger partial charge in [0.1, 0.15) is 0 Å². The standard InChI is InChI=1S/C20H29N3O2/c1-16-9-13-22(14-10-16)19(24)15-21-18-7-5-17(6-8-18)20(25)23-11-3-2-4-12-23/h5-8,16,21H,2-4,9-15H2,1H3. The molecule has 136 valence electrons. The molecule has 2 saturated heterocycles. The summed E-state index contributed by atoms with van der Waals surface area (Å²) in [4.78, 5) is 28.6. The second-order valence-electron chi connectivity index (χ2n) is 7.35. The summed E-state index contributed by atoms with van der Waals surface area (Å²) in [5.41, 5.74) is 1.61. The van der Waals surface area contributed by atoms with Crippen molar-refractivity contribution in [2.24, 2.45) is 5.92 Å². The number of piperidine rings is 2. The number of carbonyl (C=O) groups is 2. The lowest BCUT2D eigenvalue weighted by molar-refractivity contribution is -0.130. The largest absolute Gasteiger partial charge is 0.376 e. The number of benzene rings is 1. The Hall–Kier alpha value is -2.04. The first-order valence-corrected chi connectivity index (χ1v) is 9.54. The van der Waals surface area contributed by atoms with E-state index in [1.807, 2.05) is 34.1 Å². The highest BCUT2D eigenvalue weighted by molar-refractivity contribution is 5.94. The third-order valence-corrected chi connectivity index (χ3v) is 5.36. The molecule has 2 heterocycles. The van der Waals surface area contributed by atoms with Gasteiger partial charge in [-0.15, -0.1) is 0 Å². The lowest BCUT2D eigenvalue weighted by Gasteiger charge is -2.30. The number of anilines is 1. The molecular formula is C20H29N3O2. The van der Waals surface area contributed by atoms with Crippen molar-refractivity contribution in [2.45, 2.75) is 39.0 Å². The number of hydrogen-bond donors (Lipinski definition) is 1. The van der Waals surface area contributed by atoms with Gasteiger partial charge in [0.05, 0.1) is 6.54 Å². The van der Waals surface area contributed by atoms with Gasteiger partial charge in [-0.1, -0.05) is 6.92 Å². The third-order valence-electron chi connectivity index (χ3n) is 5.36. The molecule has 0 bridgehead atoms. The van der Waals surface area contributed by atoms with E-state index in [1.54, 1.807) is 0 Å². The number of nitrogens with zero attached hydrogens (tertiary/aromatic N) is 2. The normalized spacial score (nSPS) is 18.9. The van der Waals surface area contributed by atoms with Crippen LogP contribution in [0, 0.1) is 5.92 Å². The van der Waals surface area contributed by atoms with E-state index in [9.17, 15) is 9.59 Å². The monoisotopic (exact) mass is 343 g/mol. The molecule has 2 aliphatic rings. The van der Waals surface area contributed by atoms with Crippen molar-refractivity contribution in [3.05, 3.63) is 29.8 Å². The van der Waals surface area contributed by atoms with Gasteiger partial charge in [0, 0.05) is 37.4 Å². The third kappa shape index (κ3) is 4.74. The van der Waals surface area contributed by atoms with E-state index >= 15 is 0 Å². The van der Waals surface area contributed by atoms with Gasteiger partial charge >= 0.3 is 0 Å². The van der Waals surface area contributed by atoms with Crippen LogP contribution in [0.1, 0.15) is 49.4 Å². The maximum absolute atomic E-state index is 12.5. The molecule has 3 rings (SSSR count). The highest BCUT2D eigenvalue weighted by atomic mass is 16.2. The summed E-state index contributed by atoms with van der Waals surface area (Å²) >= 11 is 0. The fourth-order valence-corrected chi connectivity index (χ4v) is 3.56. The Morgan fingerprint density at radius 1 is 0.960 bits per heavy atom. The molecule has 0 radical (unpaired) electrons. The van der Waals surface area contributed by atoms with Crippen LogP contribution >= 0.6 is 0 Å². The zero-order valence-corrected chi connectivity index (χ0v) is 15.2. The summed E-state index contributed by atoms with van der Waals surface area (Å²) in [5.74, 6) is 0.993. The van der Waals surface area contributed by atoms with Crippen molar-refractivity contribution in [3.63, 3.8) is 0 Å². The average Bonchev–Trinajstić information content (AvgIpc) is 2.67. The van der Waals surface area contributed by atoms with E-state index in [0.29, 0.717) is 6.54 Å². The van der Waals surface area contributed by atoms with Crippen LogP contribution in [0.15, 0.2) is 24.3 Å². The number of amides is 2. The van der Waals surface area contributed by atoms with Gasteiger partial charge < -0.3 is 15.1 Å². The summed E-state index contributed by atoms with van der Waals surface area (Å²) < 4.78 is 0. The van der Waals surface area contributed by atoms with E-state index in [-0.39, 0.29) is 11.8 Å². The summed E-state index contributed by atoms with van der Waals surface area (Å²) in [7, 11) is 0. The molecule has 0 spiro atoms. The van der Waals surface area contributed by atoms with Gasteiger partial charge in [0.2, 0.25) is 5.91 Å². The SMILES string of the molecule is CC1CCN(C(=O)CNc2ccc(C(=O)N3CCCCC3)cc2)CC1. The fraction of sp³-hybridized carbons (Fsp3) is 0.600. The van der Waals surface area contributed by atoms with Crippen LogP contribution in [0.25, 0.3) is 0 Å². The molecule has 1 N–H and O–H groups in total. The predicted molar refractivity (Wildman–Crippen MR) is 99.7 cm³/mol. The van der Waals surface area contributed by atoms with Crippen molar-refractivity contribution in [3.8, 4) is 0 Å². The molecule has 5 heteroatoms. The first-order chi connectivity index (χ1) is 12.1. The molecule has 1 aromatic rings. The Bertz CT molecular complexity index is 585. The zero-order valence-electron chi connectivity index (χ0n) is 15.2. The van der Waals surface area contributed by atoms with Crippen molar-refractivity contribution in [1.82, 2.24) is 9.80 Å². The second kappa shape index (κ2) is 8.37. The number of likely N-dealkylation sites (tertiary alicyclic amines) is 2. The predicted octanol–water partition coefficient (Wildman–Crippen LogP) is 2.98. The van der Waals surface area contributed by atoms with Crippen LogP contribution in [0.4, 0.5) is 5.69 Å². The Morgan fingerprint density at radius 3 is 2.24 bits per heavy atom. The van der Waals surface area contributed by atoms with E-state index < -0.39 is 0 Å². The fourth-order valence-electron chi connectivity index (χ4n) is 3.56. The summed E-state index contributed by atoms with van der Waals surface area (Å²) in [6.07, 6.45) is 5.61. The first kappa shape index (κ1) is 17.8. The Labute approximate surface area is 150 Å². The van der Waals surface area contributed by atoms with Crippen LogP contribution in [-0.2, 0) is 4.79 Å². The first-order valence-electron chi connectivity index (χ1n) is 9.54. The molecule has 0 atom stereocenters. The molecule has 5 nitrogen and oxygen atoms in total. The van der Waals surface area contributed by atoms with E-state index in [2.05, 4.69) is 12.2 Å². The van der Waals surface area contributed by atoms with E-state index in [4.69, 9.17) is 0 Å². The van der Waals surface area contributed by atoms with Crippen LogP contribution in [-0.4, -0.2) is 54.3 Å². The minimum Gasteiger partial charge on any atom is -0.376 e. The van der Waals surface area contributed by atoms with Crippen molar-refractivity contribution >= 4 is 17.5 Å². The smallest absolute Gasteiger partial charge is 0.253 e. The lowest BCUT2D eigenvalue weighted by Crippen LogP contribution is -2.40. The van der Waals surface area contributed by atoms with Crippen LogP contribution in [0.3, 0.4) is 0 Å². The average molecular weight is 343 g/mol. The molecule has 2 aliphatic heterocycles. The van der Waals surface area contributed by atoms with Crippen LogP contribution < -0.4 is 5.32 Å². The van der Waals surface area contributed by atoms with Crippen molar-refractivity contribution < 1.29 is 9.59 Å². The van der Waals surface area contributed by atoms with Crippen molar-refractivity contribution in [2.75, 3.05) is 38.0 Å². The zero-order chi connectivity index (χ0) is 17.6.